The zero-order valence-corrected chi connectivity index (χ0v) is 9.36. The average molecular weight is 194 g/mol. The Labute approximate surface area is 85.6 Å². The molecule has 1 heterocycles. The SMILES string of the molecule is Cc1ccnc(N(C)CCN(C)C)n1. The Morgan fingerprint density at radius 3 is 2.50 bits per heavy atom. The lowest BCUT2D eigenvalue weighted by atomic mass is 10.4. The van der Waals surface area contributed by atoms with Crippen LogP contribution < -0.4 is 4.90 Å². The Kier molecular flexibility index (Phi) is 3.83. The Balaban J connectivity index is 2.56. The van der Waals surface area contributed by atoms with Crippen LogP contribution in [-0.4, -0.2) is 49.1 Å². The standard InChI is InChI=1S/C10H18N4/c1-9-5-6-11-10(12-9)14(4)8-7-13(2)3/h5-6H,7-8H2,1-4H3. The maximum atomic E-state index is 4.35. The van der Waals surface area contributed by atoms with Gasteiger partial charge in [0.25, 0.3) is 0 Å². The second-order valence-corrected chi connectivity index (χ2v) is 3.72. The van der Waals surface area contributed by atoms with Gasteiger partial charge in [-0.25, -0.2) is 9.97 Å². The van der Waals surface area contributed by atoms with Gasteiger partial charge in [-0.3, -0.25) is 0 Å². The van der Waals surface area contributed by atoms with E-state index < -0.39 is 0 Å². The molecule has 78 valence electrons. The van der Waals surface area contributed by atoms with Gasteiger partial charge in [0.2, 0.25) is 5.95 Å². The van der Waals surface area contributed by atoms with Crippen LogP contribution in [0.15, 0.2) is 12.3 Å². The van der Waals surface area contributed by atoms with Crippen molar-refractivity contribution in [3.8, 4) is 0 Å². The van der Waals surface area contributed by atoms with Gasteiger partial charge in [-0.15, -0.1) is 0 Å². The summed E-state index contributed by atoms with van der Waals surface area (Å²) in [4.78, 5) is 12.8. The summed E-state index contributed by atoms with van der Waals surface area (Å²) in [5, 5.41) is 0. The van der Waals surface area contributed by atoms with Crippen LogP contribution in [0.3, 0.4) is 0 Å². The summed E-state index contributed by atoms with van der Waals surface area (Å²) in [6.45, 7) is 3.93. The first-order chi connectivity index (χ1) is 6.59. The highest BCUT2D eigenvalue weighted by molar-refractivity contribution is 5.28. The van der Waals surface area contributed by atoms with E-state index >= 15 is 0 Å². The summed E-state index contributed by atoms with van der Waals surface area (Å²) in [5.41, 5.74) is 1.01. The van der Waals surface area contributed by atoms with Crippen molar-refractivity contribution >= 4 is 5.95 Å². The molecule has 0 radical (unpaired) electrons. The summed E-state index contributed by atoms with van der Waals surface area (Å²) < 4.78 is 0. The van der Waals surface area contributed by atoms with Gasteiger partial charge >= 0.3 is 0 Å². The van der Waals surface area contributed by atoms with Crippen LogP contribution >= 0.6 is 0 Å². The monoisotopic (exact) mass is 194 g/mol. The summed E-state index contributed by atoms with van der Waals surface area (Å²) >= 11 is 0. The zero-order chi connectivity index (χ0) is 10.6. The third kappa shape index (κ3) is 3.30. The van der Waals surface area contributed by atoms with Crippen LogP contribution in [0.5, 0.6) is 0 Å². The highest BCUT2D eigenvalue weighted by Crippen LogP contribution is 2.03. The van der Waals surface area contributed by atoms with Crippen LogP contribution in [0, 0.1) is 6.92 Å². The normalized spacial score (nSPS) is 10.6. The van der Waals surface area contributed by atoms with Crippen molar-refractivity contribution in [2.45, 2.75) is 6.92 Å². The van der Waals surface area contributed by atoms with Gasteiger partial charge in [-0.1, -0.05) is 0 Å². The predicted molar refractivity (Wildman–Crippen MR) is 58.6 cm³/mol. The van der Waals surface area contributed by atoms with E-state index in [1.54, 1.807) is 6.20 Å². The third-order valence-electron chi connectivity index (χ3n) is 2.01. The fraction of sp³-hybridized carbons (Fsp3) is 0.600. The average Bonchev–Trinajstić information content (AvgIpc) is 2.14. The minimum Gasteiger partial charge on any atom is -0.343 e. The van der Waals surface area contributed by atoms with E-state index in [1.807, 2.05) is 20.0 Å². The van der Waals surface area contributed by atoms with Crippen LogP contribution in [-0.2, 0) is 0 Å². The van der Waals surface area contributed by atoms with Crippen LogP contribution in [0.25, 0.3) is 0 Å². The first-order valence-corrected chi connectivity index (χ1v) is 4.75. The van der Waals surface area contributed by atoms with Gasteiger partial charge in [0.1, 0.15) is 0 Å². The molecule has 1 aromatic heterocycles. The molecule has 0 atom stereocenters. The van der Waals surface area contributed by atoms with Crippen LogP contribution in [0.2, 0.25) is 0 Å². The molecule has 0 N–H and O–H groups in total. The molecule has 0 aliphatic rings. The van der Waals surface area contributed by atoms with Crippen molar-refractivity contribution in [2.75, 3.05) is 39.1 Å². The van der Waals surface area contributed by atoms with Crippen molar-refractivity contribution in [3.63, 3.8) is 0 Å². The number of likely N-dealkylation sites (N-methyl/N-ethyl adjacent to an activating group) is 2. The second kappa shape index (κ2) is 4.91. The van der Waals surface area contributed by atoms with E-state index in [0.717, 1.165) is 24.7 Å². The molecule has 0 aromatic carbocycles. The lowest BCUT2D eigenvalue weighted by molar-refractivity contribution is 0.415. The molecule has 1 aromatic rings. The van der Waals surface area contributed by atoms with Gasteiger partial charge in [-0.2, -0.15) is 0 Å². The minimum atomic E-state index is 0.798. The van der Waals surface area contributed by atoms with Gasteiger partial charge in [-0.05, 0) is 27.1 Å². The summed E-state index contributed by atoms with van der Waals surface area (Å²) in [6, 6.07) is 1.91. The molecule has 0 unspecified atom stereocenters. The number of aromatic nitrogens is 2. The summed E-state index contributed by atoms with van der Waals surface area (Å²) in [6.07, 6.45) is 1.80. The van der Waals surface area contributed by atoms with Crippen molar-refractivity contribution < 1.29 is 0 Å². The zero-order valence-electron chi connectivity index (χ0n) is 9.36. The van der Waals surface area contributed by atoms with E-state index in [1.165, 1.54) is 0 Å². The van der Waals surface area contributed by atoms with Gasteiger partial charge in [0.05, 0.1) is 0 Å². The molecule has 4 nitrogen and oxygen atoms in total. The topological polar surface area (TPSA) is 32.3 Å². The number of aryl methyl sites for hydroxylation is 1. The Bertz CT molecular complexity index is 285. The smallest absolute Gasteiger partial charge is 0.225 e. The molecule has 14 heavy (non-hydrogen) atoms. The molecule has 0 aliphatic carbocycles. The fourth-order valence-corrected chi connectivity index (χ4v) is 1.07. The largest absolute Gasteiger partial charge is 0.343 e. The van der Waals surface area contributed by atoms with Crippen molar-refractivity contribution in [1.82, 2.24) is 14.9 Å². The van der Waals surface area contributed by atoms with Crippen LogP contribution in [0.1, 0.15) is 5.69 Å². The van der Waals surface area contributed by atoms with E-state index in [4.69, 9.17) is 0 Å². The first kappa shape index (κ1) is 10.9. The maximum Gasteiger partial charge on any atom is 0.225 e. The highest BCUT2D eigenvalue weighted by atomic mass is 15.2. The number of rotatable bonds is 4. The fourth-order valence-electron chi connectivity index (χ4n) is 1.07. The highest BCUT2D eigenvalue weighted by Gasteiger charge is 2.03. The molecule has 0 amide bonds. The first-order valence-electron chi connectivity index (χ1n) is 4.75. The molecule has 4 heteroatoms. The summed E-state index contributed by atoms with van der Waals surface area (Å²) in [5.74, 6) is 0.798. The molecule has 0 aliphatic heterocycles. The number of anilines is 1. The molecule has 0 saturated carbocycles. The molecule has 1 rings (SSSR count). The lowest BCUT2D eigenvalue weighted by Crippen LogP contribution is -2.29. The molecule has 0 bridgehead atoms. The summed E-state index contributed by atoms with van der Waals surface area (Å²) in [7, 11) is 6.13. The maximum absolute atomic E-state index is 4.35. The lowest BCUT2D eigenvalue weighted by Gasteiger charge is -2.19. The van der Waals surface area contributed by atoms with Crippen LogP contribution in [0.4, 0.5) is 5.95 Å². The Hall–Kier alpha value is -1.16. The second-order valence-electron chi connectivity index (χ2n) is 3.72. The molecule has 0 fully saturated rings. The van der Waals surface area contributed by atoms with Gasteiger partial charge in [0.15, 0.2) is 0 Å². The predicted octanol–water partition coefficient (Wildman–Crippen LogP) is 0.783. The Morgan fingerprint density at radius 2 is 1.93 bits per heavy atom. The third-order valence-corrected chi connectivity index (χ3v) is 2.01. The van der Waals surface area contributed by atoms with E-state index in [2.05, 4.69) is 33.9 Å². The van der Waals surface area contributed by atoms with E-state index in [0.29, 0.717) is 0 Å². The molecule has 0 saturated heterocycles. The number of hydrogen-bond donors (Lipinski definition) is 0. The van der Waals surface area contributed by atoms with Gasteiger partial charge in [0, 0.05) is 32.0 Å². The van der Waals surface area contributed by atoms with Crippen molar-refractivity contribution in [2.24, 2.45) is 0 Å². The van der Waals surface area contributed by atoms with Crippen molar-refractivity contribution in [1.29, 1.82) is 0 Å². The Morgan fingerprint density at radius 1 is 1.21 bits per heavy atom. The van der Waals surface area contributed by atoms with E-state index in [9.17, 15) is 0 Å². The van der Waals surface area contributed by atoms with Crippen molar-refractivity contribution in [3.05, 3.63) is 18.0 Å². The number of nitrogens with zero attached hydrogens (tertiary/aromatic N) is 4. The molecular formula is C10H18N4. The number of hydrogen-bond acceptors (Lipinski definition) is 4. The van der Waals surface area contributed by atoms with E-state index in [-0.39, 0.29) is 0 Å². The minimum absolute atomic E-state index is 0.798. The molecular weight excluding hydrogens is 176 g/mol. The molecule has 0 spiro atoms. The quantitative estimate of drug-likeness (QED) is 0.709. The van der Waals surface area contributed by atoms with Gasteiger partial charge < -0.3 is 9.80 Å².